The van der Waals surface area contributed by atoms with Gasteiger partial charge in [0.1, 0.15) is 23.3 Å². The van der Waals surface area contributed by atoms with E-state index in [1.165, 1.54) is 5.56 Å². The number of nitrogens with zero attached hydrogens (tertiary/aromatic N) is 4. The zero-order valence-corrected chi connectivity index (χ0v) is 14.6. The Labute approximate surface area is 146 Å². The highest BCUT2D eigenvalue weighted by atomic mass is 16.5. The summed E-state index contributed by atoms with van der Waals surface area (Å²) in [6, 6.07) is 8.41. The highest BCUT2D eigenvalue weighted by molar-refractivity contribution is 5.87. The third-order valence-corrected chi connectivity index (χ3v) is 5.02. The lowest BCUT2D eigenvalue weighted by Gasteiger charge is -2.33. The second kappa shape index (κ2) is 6.70. The SMILES string of the molecule is COc1ccc(CC2CCN(c3ncnc4onc(C)c34)CC2)cc1. The molecule has 6 heteroatoms. The number of ether oxygens (including phenoxy) is 1. The van der Waals surface area contributed by atoms with Crippen molar-refractivity contribution in [1.29, 1.82) is 0 Å². The number of rotatable bonds is 4. The number of benzene rings is 1. The molecule has 1 aliphatic heterocycles. The van der Waals surface area contributed by atoms with Gasteiger partial charge in [0.15, 0.2) is 0 Å². The maximum absolute atomic E-state index is 5.26. The molecule has 0 atom stereocenters. The Balaban J connectivity index is 1.43. The molecule has 1 saturated heterocycles. The van der Waals surface area contributed by atoms with E-state index >= 15 is 0 Å². The largest absolute Gasteiger partial charge is 0.497 e. The minimum Gasteiger partial charge on any atom is -0.497 e. The molecule has 6 nitrogen and oxygen atoms in total. The molecular formula is C19H22N4O2. The normalized spacial score (nSPS) is 15.7. The Hall–Kier alpha value is -2.63. The third kappa shape index (κ3) is 3.16. The van der Waals surface area contributed by atoms with Crippen LogP contribution in [0.25, 0.3) is 11.1 Å². The van der Waals surface area contributed by atoms with Gasteiger partial charge < -0.3 is 14.2 Å². The Morgan fingerprint density at radius 1 is 1.16 bits per heavy atom. The van der Waals surface area contributed by atoms with Crippen molar-refractivity contribution in [3.8, 4) is 5.75 Å². The predicted molar refractivity (Wildman–Crippen MR) is 96.0 cm³/mol. The average molecular weight is 338 g/mol. The summed E-state index contributed by atoms with van der Waals surface area (Å²) in [6.45, 7) is 3.93. The fourth-order valence-corrected chi connectivity index (χ4v) is 3.59. The van der Waals surface area contributed by atoms with E-state index in [0.717, 1.165) is 55.0 Å². The number of hydrogen-bond donors (Lipinski definition) is 0. The van der Waals surface area contributed by atoms with Gasteiger partial charge in [-0.25, -0.2) is 4.98 Å². The molecule has 0 unspecified atom stereocenters. The lowest BCUT2D eigenvalue weighted by atomic mass is 9.90. The van der Waals surface area contributed by atoms with Gasteiger partial charge in [-0.3, -0.25) is 0 Å². The second-order valence-electron chi connectivity index (χ2n) is 6.63. The lowest BCUT2D eigenvalue weighted by molar-refractivity contribution is 0.401. The number of aromatic nitrogens is 3. The highest BCUT2D eigenvalue weighted by Crippen LogP contribution is 2.30. The van der Waals surface area contributed by atoms with Gasteiger partial charge in [-0.2, -0.15) is 4.98 Å². The minimum absolute atomic E-state index is 0.572. The molecule has 1 aliphatic rings. The Morgan fingerprint density at radius 2 is 1.92 bits per heavy atom. The zero-order valence-electron chi connectivity index (χ0n) is 14.6. The summed E-state index contributed by atoms with van der Waals surface area (Å²) in [5.74, 6) is 2.56. The van der Waals surface area contributed by atoms with Gasteiger partial charge in [-0.15, -0.1) is 0 Å². The monoisotopic (exact) mass is 338 g/mol. The highest BCUT2D eigenvalue weighted by Gasteiger charge is 2.23. The van der Waals surface area contributed by atoms with Gasteiger partial charge in [0.05, 0.1) is 12.8 Å². The van der Waals surface area contributed by atoms with Crippen molar-refractivity contribution >= 4 is 16.9 Å². The van der Waals surface area contributed by atoms with E-state index < -0.39 is 0 Å². The molecule has 0 aliphatic carbocycles. The number of hydrogen-bond acceptors (Lipinski definition) is 6. The van der Waals surface area contributed by atoms with Crippen molar-refractivity contribution in [2.75, 3.05) is 25.1 Å². The molecule has 4 rings (SSSR count). The average Bonchev–Trinajstić information content (AvgIpc) is 3.04. The Morgan fingerprint density at radius 3 is 2.64 bits per heavy atom. The zero-order chi connectivity index (χ0) is 17.2. The topological polar surface area (TPSA) is 64.3 Å². The first-order chi connectivity index (χ1) is 12.2. The van der Waals surface area contributed by atoms with Gasteiger partial charge in [0.2, 0.25) is 0 Å². The third-order valence-electron chi connectivity index (χ3n) is 5.02. The number of methoxy groups -OCH3 is 1. The van der Waals surface area contributed by atoms with Crippen molar-refractivity contribution in [2.45, 2.75) is 26.2 Å². The summed E-state index contributed by atoms with van der Waals surface area (Å²) in [5, 5.41) is 4.96. The van der Waals surface area contributed by atoms with E-state index in [1.807, 2.05) is 19.1 Å². The Kier molecular flexibility index (Phi) is 4.26. The lowest BCUT2D eigenvalue weighted by Crippen LogP contribution is -2.35. The van der Waals surface area contributed by atoms with Crippen LogP contribution in [0.15, 0.2) is 35.1 Å². The maximum Gasteiger partial charge on any atom is 0.263 e. The number of piperidine rings is 1. The van der Waals surface area contributed by atoms with Crippen LogP contribution in [0.1, 0.15) is 24.1 Å². The van der Waals surface area contributed by atoms with Crippen LogP contribution >= 0.6 is 0 Å². The summed E-state index contributed by atoms with van der Waals surface area (Å²) in [6.07, 6.45) is 4.98. The van der Waals surface area contributed by atoms with Crippen molar-refractivity contribution in [3.63, 3.8) is 0 Å². The number of anilines is 1. The van der Waals surface area contributed by atoms with Gasteiger partial charge in [-0.05, 0) is 49.8 Å². The minimum atomic E-state index is 0.572. The molecule has 0 amide bonds. The summed E-state index contributed by atoms with van der Waals surface area (Å²) in [4.78, 5) is 11.0. The summed E-state index contributed by atoms with van der Waals surface area (Å²) in [7, 11) is 1.70. The van der Waals surface area contributed by atoms with Crippen LogP contribution in [0.2, 0.25) is 0 Å². The predicted octanol–water partition coefficient (Wildman–Crippen LogP) is 3.39. The molecule has 25 heavy (non-hydrogen) atoms. The van der Waals surface area contributed by atoms with Crippen LogP contribution in [-0.4, -0.2) is 35.3 Å². The van der Waals surface area contributed by atoms with Crippen molar-refractivity contribution in [1.82, 2.24) is 15.1 Å². The smallest absolute Gasteiger partial charge is 0.263 e. The first-order valence-corrected chi connectivity index (χ1v) is 8.69. The van der Waals surface area contributed by atoms with E-state index in [9.17, 15) is 0 Å². The van der Waals surface area contributed by atoms with Crippen LogP contribution in [0.4, 0.5) is 5.82 Å². The fourth-order valence-electron chi connectivity index (χ4n) is 3.59. The summed E-state index contributed by atoms with van der Waals surface area (Å²) in [5.41, 5.74) is 2.80. The molecule has 2 aromatic heterocycles. The van der Waals surface area contributed by atoms with Crippen LogP contribution in [0.3, 0.4) is 0 Å². The molecule has 0 N–H and O–H groups in total. The van der Waals surface area contributed by atoms with Crippen LogP contribution in [0, 0.1) is 12.8 Å². The summed E-state index contributed by atoms with van der Waals surface area (Å²) >= 11 is 0. The van der Waals surface area contributed by atoms with E-state index in [0.29, 0.717) is 11.6 Å². The van der Waals surface area contributed by atoms with Gasteiger partial charge in [-0.1, -0.05) is 17.3 Å². The van der Waals surface area contributed by atoms with Crippen LogP contribution in [-0.2, 0) is 6.42 Å². The van der Waals surface area contributed by atoms with Gasteiger partial charge in [0, 0.05) is 13.1 Å². The molecule has 1 aromatic carbocycles. The molecule has 0 spiro atoms. The quantitative estimate of drug-likeness (QED) is 0.726. The van der Waals surface area contributed by atoms with E-state index in [4.69, 9.17) is 9.26 Å². The molecule has 130 valence electrons. The molecule has 3 heterocycles. The van der Waals surface area contributed by atoms with Crippen molar-refractivity contribution < 1.29 is 9.26 Å². The molecular weight excluding hydrogens is 316 g/mol. The Bertz CT molecular complexity index is 851. The molecule has 0 saturated carbocycles. The van der Waals surface area contributed by atoms with Gasteiger partial charge in [0.25, 0.3) is 5.71 Å². The van der Waals surface area contributed by atoms with E-state index in [1.54, 1.807) is 13.4 Å². The standard InChI is InChI=1S/C19H22N4O2/c1-13-17-18(20-12-21-19(17)25-22-13)23-9-7-15(8-10-23)11-14-3-5-16(24-2)6-4-14/h3-6,12,15H,7-11H2,1-2H3. The first kappa shape index (κ1) is 15.9. The van der Waals surface area contributed by atoms with Crippen LogP contribution < -0.4 is 9.64 Å². The van der Waals surface area contributed by atoms with E-state index in [-0.39, 0.29) is 0 Å². The second-order valence-corrected chi connectivity index (χ2v) is 6.63. The van der Waals surface area contributed by atoms with Crippen molar-refractivity contribution in [3.05, 3.63) is 41.9 Å². The van der Waals surface area contributed by atoms with Crippen molar-refractivity contribution in [2.24, 2.45) is 5.92 Å². The molecule has 0 bridgehead atoms. The van der Waals surface area contributed by atoms with Gasteiger partial charge >= 0.3 is 0 Å². The summed E-state index contributed by atoms with van der Waals surface area (Å²) < 4.78 is 10.5. The molecule has 3 aromatic rings. The number of aryl methyl sites for hydroxylation is 1. The van der Waals surface area contributed by atoms with Crippen LogP contribution in [0.5, 0.6) is 5.75 Å². The molecule has 1 fully saturated rings. The van der Waals surface area contributed by atoms with E-state index in [2.05, 4.69) is 32.2 Å². The fraction of sp³-hybridized carbons (Fsp3) is 0.421. The molecule has 0 radical (unpaired) electrons. The maximum atomic E-state index is 5.26. The number of fused-ring (bicyclic) bond motifs is 1. The first-order valence-electron chi connectivity index (χ1n) is 8.69.